The van der Waals surface area contributed by atoms with Gasteiger partial charge in [0.2, 0.25) is 0 Å². The van der Waals surface area contributed by atoms with E-state index >= 15 is 0 Å². The van der Waals surface area contributed by atoms with E-state index in [2.05, 4.69) is 15.3 Å². The molecule has 9 heteroatoms. The molecule has 0 bridgehead atoms. The summed E-state index contributed by atoms with van der Waals surface area (Å²) in [6.07, 6.45) is 1.77. The molecule has 2 heterocycles. The number of hydrogen-bond acceptors (Lipinski definition) is 5. The molecular formula is C17H15Cl2FN4O2. The van der Waals surface area contributed by atoms with E-state index in [4.69, 9.17) is 33.7 Å². The van der Waals surface area contributed by atoms with Crippen molar-refractivity contribution in [3.05, 3.63) is 57.6 Å². The SMILES string of the molecule is C[C@@]1(c2cc(NC(=O)c3ncc(Cl)cc3Cl)ccc2F)CCOC(N)=N1. The van der Waals surface area contributed by atoms with Crippen LogP contribution in [0.15, 0.2) is 35.5 Å². The molecule has 0 aliphatic carbocycles. The summed E-state index contributed by atoms with van der Waals surface area (Å²) < 4.78 is 19.5. The molecule has 26 heavy (non-hydrogen) atoms. The number of nitrogens with one attached hydrogen (secondary N) is 1. The van der Waals surface area contributed by atoms with Gasteiger partial charge in [0.25, 0.3) is 11.9 Å². The van der Waals surface area contributed by atoms with Crippen LogP contribution < -0.4 is 11.1 Å². The van der Waals surface area contributed by atoms with Gasteiger partial charge >= 0.3 is 0 Å². The third-order valence-electron chi connectivity index (χ3n) is 4.02. The van der Waals surface area contributed by atoms with E-state index < -0.39 is 17.3 Å². The van der Waals surface area contributed by atoms with Gasteiger partial charge in [0.1, 0.15) is 11.5 Å². The molecule has 3 N–H and O–H groups in total. The van der Waals surface area contributed by atoms with Crippen molar-refractivity contribution < 1.29 is 13.9 Å². The second kappa shape index (κ2) is 7.09. The van der Waals surface area contributed by atoms with Crippen LogP contribution in [0.1, 0.15) is 29.4 Å². The predicted octanol–water partition coefficient (Wildman–Crippen LogP) is 3.73. The monoisotopic (exact) mass is 396 g/mol. The first kappa shape index (κ1) is 18.4. The van der Waals surface area contributed by atoms with Gasteiger partial charge in [0.05, 0.1) is 22.2 Å². The molecule has 136 valence electrons. The van der Waals surface area contributed by atoms with Gasteiger partial charge in [0.15, 0.2) is 0 Å². The Morgan fingerprint density at radius 1 is 1.38 bits per heavy atom. The largest absolute Gasteiger partial charge is 0.465 e. The van der Waals surface area contributed by atoms with Crippen LogP contribution in [-0.2, 0) is 10.3 Å². The van der Waals surface area contributed by atoms with Crippen LogP contribution in [-0.4, -0.2) is 23.5 Å². The summed E-state index contributed by atoms with van der Waals surface area (Å²) in [5.41, 5.74) is 5.43. The van der Waals surface area contributed by atoms with Crippen molar-refractivity contribution >= 4 is 40.8 Å². The number of nitrogens with zero attached hydrogens (tertiary/aromatic N) is 2. The summed E-state index contributed by atoms with van der Waals surface area (Å²) in [7, 11) is 0. The summed E-state index contributed by atoms with van der Waals surface area (Å²) in [6.45, 7) is 2.08. The van der Waals surface area contributed by atoms with Crippen LogP contribution in [0.3, 0.4) is 0 Å². The third kappa shape index (κ3) is 3.73. The van der Waals surface area contributed by atoms with E-state index in [1.54, 1.807) is 6.92 Å². The number of anilines is 1. The highest BCUT2D eigenvalue weighted by molar-refractivity contribution is 6.36. The third-order valence-corrected chi connectivity index (χ3v) is 4.52. The van der Waals surface area contributed by atoms with Gasteiger partial charge < -0.3 is 15.8 Å². The minimum absolute atomic E-state index is 0.00438. The van der Waals surface area contributed by atoms with Gasteiger partial charge in [-0.15, -0.1) is 0 Å². The molecule has 1 amide bonds. The van der Waals surface area contributed by atoms with Gasteiger partial charge in [0, 0.05) is 23.9 Å². The van der Waals surface area contributed by atoms with Gasteiger partial charge in [-0.05, 0) is 31.2 Å². The van der Waals surface area contributed by atoms with Crippen molar-refractivity contribution in [3.63, 3.8) is 0 Å². The molecule has 0 spiro atoms. The smallest absolute Gasteiger partial charge is 0.282 e. The molecule has 1 aromatic heterocycles. The molecule has 0 unspecified atom stereocenters. The fourth-order valence-electron chi connectivity index (χ4n) is 2.67. The second-order valence-electron chi connectivity index (χ2n) is 5.96. The predicted molar refractivity (Wildman–Crippen MR) is 98.2 cm³/mol. The number of carbonyl (C=O) groups excluding carboxylic acids is 1. The molecule has 1 aromatic carbocycles. The van der Waals surface area contributed by atoms with Crippen LogP contribution in [0.5, 0.6) is 0 Å². The molecule has 6 nitrogen and oxygen atoms in total. The number of amidine groups is 1. The standard InChI is InChI=1S/C17H15Cl2FN4O2/c1-17(4-5-26-16(21)24-17)11-7-10(2-3-13(11)20)23-15(25)14-12(19)6-9(18)8-22-14/h2-3,6-8H,4-5H2,1H3,(H2,21,24)(H,23,25)/t17-/m0/s1. The average Bonchev–Trinajstić information content (AvgIpc) is 2.56. The molecule has 1 atom stereocenters. The second-order valence-corrected chi connectivity index (χ2v) is 6.80. The number of halogens is 3. The van der Waals surface area contributed by atoms with E-state index in [1.807, 2.05) is 0 Å². The number of carbonyl (C=O) groups is 1. The van der Waals surface area contributed by atoms with Crippen LogP contribution >= 0.6 is 23.2 Å². The zero-order chi connectivity index (χ0) is 18.9. The Hall–Kier alpha value is -2.38. The molecule has 3 rings (SSSR count). The van der Waals surface area contributed by atoms with E-state index in [1.165, 1.54) is 30.5 Å². The van der Waals surface area contributed by atoms with Crippen LogP contribution in [0.4, 0.5) is 10.1 Å². The zero-order valence-corrected chi connectivity index (χ0v) is 15.2. The highest BCUT2D eigenvalue weighted by Gasteiger charge is 2.33. The maximum absolute atomic E-state index is 14.4. The summed E-state index contributed by atoms with van der Waals surface area (Å²) in [5, 5.41) is 3.08. The van der Waals surface area contributed by atoms with E-state index in [0.29, 0.717) is 29.3 Å². The quantitative estimate of drug-likeness (QED) is 0.826. The Balaban J connectivity index is 1.90. The highest BCUT2D eigenvalue weighted by atomic mass is 35.5. The number of ether oxygens (including phenoxy) is 1. The van der Waals surface area contributed by atoms with E-state index in [0.717, 1.165) is 0 Å². The fourth-order valence-corrected chi connectivity index (χ4v) is 3.13. The number of aliphatic imine (C=N–C) groups is 1. The Morgan fingerprint density at radius 3 is 2.85 bits per heavy atom. The van der Waals surface area contributed by atoms with Gasteiger partial charge in [-0.3, -0.25) is 4.79 Å². The van der Waals surface area contributed by atoms with E-state index in [-0.39, 0.29) is 16.7 Å². The van der Waals surface area contributed by atoms with Gasteiger partial charge in [-0.2, -0.15) is 0 Å². The van der Waals surface area contributed by atoms with Crippen molar-refractivity contribution in [2.45, 2.75) is 18.9 Å². The first-order chi connectivity index (χ1) is 12.3. The van der Waals surface area contributed by atoms with Crippen molar-refractivity contribution in [2.75, 3.05) is 11.9 Å². The molecular weight excluding hydrogens is 382 g/mol. The Bertz CT molecular complexity index is 906. The Labute approximate surface area is 159 Å². The summed E-state index contributed by atoms with van der Waals surface area (Å²) in [6, 6.07) is 5.63. The lowest BCUT2D eigenvalue weighted by molar-refractivity contribution is 0.102. The maximum Gasteiger partial charge on any atom is 0.282 e. The molecule has 0 saturated carbocycles. The van der Waals surface area contributed by atoms with Crippen LogP contribution in [0.25, 0.3) is 0 Å². The number of amides is 1. The number of benzene rings is 1. The molecule has 2 aromatic rings. The molecule has 0 radical (unpaired) electrons. The first-order valence-electron chi connectivity index (χ1n) is 7.69. The number of pyridine rings is 1. The topological polar surface area (TPSA) is 89.6 Å². The first-order valence-corrected chi connectivity index (χ1v) is 8.45. The molecule has 0 saturated heterocycles. The van der Waals surface area contributed by atoms with Crippen molar-refractivity contribution in [2.24, 2.45) is 10.7 Å². The molecule has 1 aliphatic rings. The summed E-state index contributed by atoms with van der Waals surface area (Å²) in [5.74, 6) is -0.990. The normalized spacial score (nSPS) is 19.5. The number of nitrogens with two attached hydrogens (primary N) is 1. The van der Waals surface area contributed by atoms with E-state index in [9.17, 15) is 9.18 Å². The summed E-state index contributed by atoms with van der Waals surface area (Å²) >= 11 is 11.8. The Morgan fingerprint density at radius 2 is 2.15 bits per heavy atom. The van der Waals surface area contributed by atoms with Crippen LogP contribution in [0.2, 0.25) is 10.0 Å². The molecule has 0 fully saturated rings. The lowest BCUT2D eigenvalue weighted by Gasteiger charge is -2.30. The minimum Gasteiger partial charge on any atom is -0.465 e. The zero-order valence-electron chi connectivity index (χ0n) is 13.7. The average molecular weight is 397 g/mol. The molecule has 1 aliphatic heterocycles. The number of aromatic nitrogens is 1. The van der Waals surface area contributed by atoms with Crippen molar-refractivity contribution in [3.8, 4) is 0 Å². The number of hydrogen-bond donors (Lipinski definition) is 2. The Kier molecular flexibility index (Phi) is 5.02. The highest BCUT2D eigenvalue weighted by Crippen LogP contribution is 2.35. The van der Waals surface area contributed by atoms with Crippen molar-refractivity contribution in [1.82, 2.24) is 4.98 Å². The number of rotatable bonds is 3. The summed E-state index contributed by atoms with van der Waals surface area (Å²) in [4.78, 5) is 20.5. The lowest BCUT2D eigenvalue weighted by atomic mass is 9.88. The van der Waals surface area contributed by atoms with Gasteiger partial charge in [-0.25, -0.2) is 14.4 Å². The minimum atomic E-state index is -0.886. The maximum atomic E-state index is 14.4. The fraction of sp³-hybridized carbons (Fsp3) is 0.235. The lowest BCUT2D eigenvalue weighted by Crippen LogP contribution is -2.34. The van der Waals surface area contributed by atoms with Crippen molar-refractivity contribution in [1.29, 1.82) is 0 Å². The van der Waals surface area contributed by atoms with Gasteiger partial charge in [-0.1, -0.05) is 23.2 Å². The van der Waals surface area contributed by atoms with Crippen LogP contribution in [0, 0.1) is 5.82 Å².